The Labute approximate surface area is 531 Å². The average molecular weight is 1410 g/mol. The van der Waals surface area contributed by atoms with Gasteiger partial charge in [-0.1, -0.05) is 123 Å². The third-order valence-electron chi connectivity index (χ3n) is 15.4. The van der Waals surface area contributed by atoms with E-state index in [-0.39, 0.29) is 34.5 Å². The first-order valence-electron chi connectivity index (χ1n) is 28.3. The van der Waals surface area contributed by atoms with Crippen LogP contribution in [0.1, 0.15) is 111 Å². The minimum atomic E-state index is -5.77. The molecule has 9 N–H and O–H groups in total. The van der Waals surface area contributed by atoms with E-state index < -0.39 is 54.2 Å². The number of phosphoric acid groups is 3. The highest BCUT2D eigenvalue weighted by atomic mass is 79.9. The molecule has 0 saturated carbocycles. The molecule has 5 atom stereocenters. The van der Waals surface area contributed by atoms with Crippen LogP contribution in [0.15, 0.2) is 159 Å². The number of para-hydroxylation sites is 2. The second-order valence-electron chi connectivity index (χ2n) is 22.3. The number of phosphoric ester groups is 1. The Morgan fingerprint density at radius 1 is 0.933 bits per heavy atom. The Kier molecular flexibility index (Phi) is 21.3. The molecule has 470 valence electrons. The van der Waals surface area contributed by atoms with E-state index in [0.29, 0.717) is 50.2 Å². The van der Waals surface area contributed by atoms with Crippen LogP contribution in [0.3, 0.4) is 0 Å². The molecule has 1 saturated heterocycles. The minimum Gasteiger partial charge on any atom is -0.390 e. The first-order chi connectivity index (χ1) is 42.3. The maximum absolute atomic E-state index is 13.7. The molecule has 1 fully saturated rings. The van der Waals surface area contributed by atoms with Gasteiger partial charge in [-0.15, -0.1) is 5.10 Å². The van der Waals surface area contributed by atoms with E-state index in [2.05, 4.69) is 205 Å². The number of nitrogen functional groups attached to an aromatic ring is 1. The van der Waals surface area contributed by atoms with Gasteiger partial charge in [0, 0.05) is 95.3 Å². The highest BCUT2D eigenvalue weighted by molar-refractivity contribution is 9.11. The van der Waals surface area contributed by atoms with Gasteiger partial charge in [0.1, 0.15) is 18.1 Å². The Bertz CT molecular complexity index is 4030. The number of carbonyl (C=O) groups is 1. The normalized spacial score (nSPS) is 21.2. The van der Waals surface area contributed by atoms with E-state index >= 15 is 0 Å². The van der Waals surface area contributed by atoms with Crippen molar-refractivity contribution >= 4 is 84.1 Å². The molecule has 3 aromatic carbocycles. The van der Waals surface area contributed by atoms with Crippen LogP contribution in [-0.4, -0.2) is 90.8 Å². The standard InChI is InChI=1S/C60H67Br2N10O14P3/c1-59(2)46-20-8-10-22-48(46)70(31-28-61)52(59)26-24-41-16-13-17-42(25-27-53-60(3,4)47-21-9-11-23-49(47)71(53)32-29-62)55(41)65-36-40-14-12-18-43(34-40)57(74)64-30-33-69-38-45(67-68-69)19-7-5-6-15-44-37-72(58(75)66-56(44)63)54-35-50(73)51(84-54)39-83-88(79,80)86-89(81,82)85-87(76,77)78/h8-12,14,18,20-29,31-32,34,37-38,50-51,54,73H,5,7,13,16-17,19,30,33,35-36,39H2,1-4H3,(H7,63,64,66,74,75,76,77,78,79,80,81,82)/p+1/b31-28+,32-29+,41-24+,52-26+/t50-,51?,54?/m1/s1. The number of hydrogen-bond donors (Lipinski definition) is 8. The number of fused-ring (bicyclic) bond motifs is 2. The van der Waals surface area contributed by atoms with Crippen molar-refractivity contribution in [3.05, 3.63) is 198 Å². The highest BCUT2D eigenvalue weighted by Crippen LogP contribution is 2.66. The van der Waals surface area contributed by atoms with Crippen LogP contribution in [0.4, 0.5) is 17.2 Å². The molecular weight excluding hydrogens is 1340 g/mol. The molecule has 9 rings (SSSR count). The maximum Gasteiger partial charge on any atom is 0.490 e. The Balaban J connectivity index is 0.806. The maximum atomic E-state index is 13.7. The highest BCUT2D eigenvalue weighted by Gasteiger charge is 2.45. The summed E-state index contributed by atoms with van der Waals surface area (Å²) < 4.78 is 57.3. The molecule has 3 aliphatic heterocycles. The van der Waals surface area contributed by atoms with Crippen LogP contribution in [0.2, 0.25) is 0 Å². The fourth-order valence-electron chi connectivity index (χ4n) is 11.2. The average Bonchev–Trinajstić information content (AvgIpc) is 1.72. The molecule has 5 aromatic rings. The summed E-state index contributed by atoms with van der Waals surface area (Å²) in [5, 5.41) is 25.9. The third kappa shape index (κ3) is 16.4. The molecule has 2 aromatic heterocycles. The Morgan fingerprint density at radius 2 is 1.70 bits per heavy atom. The van der Waals surface area contributed by atoms with E-state index in [0.717, 1.165) is 57.9 Å². The molecule has 4 unspecified atom stereocenters. The van der Waals surface area contributed by atoms with Gasteiger partial charge in [-0.3, -0.25) is 18.6 Å². The van der Waals surface area contributed by atoms with Gasteiger partial charge >= 0.3 is 29.2 Å². The second kappa shape index (κ2) is 28.4. The molecular formula is C60H68Br2N10O14P3+. The lowest BCUT2D eigenvalue weighted by atomic mass is 9.81. The van der Waals surface area contributed by atoms with Crippen molar-refractivity contribution in [3.63, 3.8) is 0 Å². The minimum absolute atomic E-state index is 0.165. The molecule has 1 aliphatic carbocycles. The zero-order chi connectivity index (χ0) is 63.9. The van der Waals surface area contributed by atoms with Crippen LogP contribution < -0.4 is 27.0 Å². The van der Waals surface area contributed by atoms with Gasteiger partial charge in [0.15, 0.2) is 11.9 Å². The number of aryl methyl sites for hydroxylation is 1. The quantitative estimate of drug-likeness (QED) is 0.0130. The largest absolute Gasteiger partial charge is 0.490 e. The number of carbonyl (C=O) groups excluding carboxylic acids is 1. The number of nitrogens with zero attached hydrogens (tertiary/aromatic N) is 7. The van der Waals surface area contributed by atoms with Gasteiger partial charge < -0.3 is 50.7 Å². The molecule has 24 nitrogen and oxygen atoms in total. The number of halogens is 2. The number of allylic oxidation sites excluding steroid dienone is 7. The predicted octanol–water partition coefficient (Wildman–Crippen LogP) is 9.71. The number of ether oxygens (including phenoxy) is 1. The number of nitrogens with one attached hydrogen (secondary N) is 2. The van der Waals surface area contributed by atoms with Crippen LogP contribution in [0, 0.1) is 11.8 Å². The number of nitrogens with two attached hydrogens (primary N) is 1. The van der Waals surface area contributed by atoms with E-state index in [9.17, 15) is 38.2 Å². The topological polar surface area (TPSA) is 328 Å². The number of rotatable bonds is 23. The van der Waals surface area contributed by atoms with Crippen molar-refractivity contribution in [1.29, 1.82) is 0 Å². The second-order valence-corrected chi connectivity index (χ2v) is 27.8. The summed E-state index contributed by atoms with van der Waals surface area (Å²) in [6.07, 6.45) is 16.3. The smallest absolute Gasteiger partial charge is 0.390 e. The van der Waals surface area contributed by atoms with Crippen LogP contribution in [0.25, 0.3) is 0 Å². The molecule has 5 heterocycles. The summed E-state index contributed by atoms with van der Waals surface area (Å²) in [6.45, 7) is 9.27. The third-order valence-corrected chi connectivity index (χ3v) is 19.7. The molecule has 1 amide bonds. The summed E-state index contributed by atoms with van der Waals surface area (Å²) in [6, 6.07) is 24.7. The lowest BCUT2D eigenvalue weighted by Crippen LogP contribution is -2.29. The lowest BCUT2D eigenvalue weighted by Gasteiger charge is -2.26. The molecule has 0 radical (unpaired) electrons. The fourth-order valence-corrected chi connectivity index (χ4v) is 14.7. The van der Waals surface area contributed by atoms with Gasteiger partial charge in [0.25, 0.3) is 5.91 Å². The number of aromatic nitrogens is 5. The van der Waals surface area contributed by atoms with Gasteiger partial charge in [-0.05, 0) is 97.5 Å². The van der Waals surface area contributed by atoms with Crippen LogP contribution in [0.5, 0.6) is 0 Å². The van der Waals surface area contributed by atoms with Crippen molar-refractivity contribution in [1.82, 2.24) is 35.2 Å². The number of aliphatic hydroxyl groups excluding tert-OH is 1. The summed E-state index contributed by atoms with van der Waals surface area (Å²) in [7, 11) is -16.9. The Hall–Kier alpha value is -6.49. The SMILES string of the molecule is CC1(C)C(/C=C/C2=C(NCc3cccc(C(=O)NCCn4cc(CCCC#Cc5cn(C6C[C@@H](O)C(COP(=O)(O)OP(=O)(O)OP(=O)(O)O)O6)c(=O)nc5N)nn4)c3)C(=C/C=C3/N(/C=C/Br)c4ccccc4C3(C)C)/CCC2)=[N+](/C=C/Br)c2ccccc21. The predicted molar refractivity (Wildman–Crippen MR) is 341 cm³/mol. The molecule has 29 heteroatoms. The number of unbranched alkanes of at least 4 members (excludes halogenated alkanes) is 1. The van der Waals surface area contributed by atoms with Crippen molar-refractivity contribution in [3.8, 4) is 11.8 Å². The van der Waals surface area contributed by atoms with Gasteiger partial charge in [0.05, 0.1) is 35.9 Å². The van der Waals surface area contributed by atoms with E-state index in [1.165, 1.54) is 28.5 Å². The zero-order valence-electron chi connectivity index (χ0n) is 48.9. The van der Waals surface area contributed by atoms with Gasteiger partial charge in [-0.25, -0.2) is 18.5 Å². The monoisotopic (exact) mass is 1400 g/mol. The first-order valence-corrected chi connectivity index (χ1v) is 34.6. The van der Waals surface area contributed by atoms with Gasteiger partial charge in [0.2, 0.25) is 5.69 Å². The number of aliphatic hydroxyl groups is 1. The van der Waals surface area contributed by atoms with E-state index in [1.54, 1.807) is 16.9 Å². The Morgan fingerprint density at radius 3 is 2.46 bits per heavy atom. The fraction of sp³-hybridized carbons (Fsp3) is 0.333. The first kappa shape index (κ1) is 66.9. The summed E-state index contributed by atoms with van der Waals surface area (Å²) in [5.41, 5.74) is 17.6. The summed E-state index contributed by atoms with van der Waals surface area (Å²) in [4.78, 5) is 73.0. The summed E-state index contributed by atoms with van der Waals surface area (Å²) in [5.74, 6) is 5.48. The van der Waals surface area contributed by atoms with Crippen molar-refractivity contribution in [2.45, 2.75) is 115 Å². The van der Waals surface area contributed by atoms with Crippen molar-refractivity contribution < 1.29 is 65.6 Å². The molecule has 0 bridgehead atoms. The molecule has 4 aliphatic rings. The number of amides is 1. The zero-order valence-corrected chi connectivity index (χ0v) is 54.8. The summed E-state index contributed by atoms with van der Waals surface area (Å²) >= 11 is 7.08. The molecule has 89 heavy (non-hydrogen) atoms. The number of benzene rings is 3. The lowest BCUT2D eigenvalue weighted by molar-refractivity contribution is -0.356. The van der Waals surface area contributed by atoms with Gasteiger partial charge in [-0.2, -0.15) is 18.2 Å². The van der Waals surface area contributed by atoms with Crippen molar-refractivity contribution in [2.24, 2.45) is 0 Å². The van der Waals surface area contributed by atoms with E-state index in [1.807, 2.05) is 28.2 Å². The van der Waals surface area contributed by atoms with Crippen molar-refractivity contribution in [2.75, 3.05) is 23.8 Å². The number of anilines is 2. The van der Waals surface area contributed by atoms with E-state index in [4.69, 9.17) is 20.3 Å². The van der Waals surface area contributed by atoms with Crippen LogP contribution in [-0.2, 0) is 61.9 Å². The molecule has 0 spiro atoms. The van der Waals surface area contributed by atoms with Crippen LogP contribution >= 0.6 is 55.3 Å². The number of hydrogen-bond acceptors (Lipinski definition) is 16.